The molecule has 0 bridgehead atoms. The maximum absolute atomic E-state index is 9.34. The van der Waals surface area contributed by atoms with E-state index in [0.29, 0.717) is 0 Å². The van der Waals surface area contributed by atoms with Crippen molar-refractivity contribution in [2.45, 2.75) is 46.1 Å². The van der Waals surface area contributed by atoms with Crippen LogP contribution in [0.25, 0.3) is 0 Å². The lowest BCUT2D eigenvalue weighted by Crippen LogP contribution is -2.26. The van der Waals surface area contributed by atoms with Gasteiger partial charge in [-0.3, -0.25) is 4.90 Å². The molecule has 0 aromatic carbocycles. The van der Waals surface area contributed by atoms with Crippen molar-refractivity contribution in [2.24, 2.45) is 0 Å². The summed E-state index contributed by atoms with van der Waals surface area (Å²) in [7, 11) is 0. The van der Waals surface area contributed by atoms with Crippen molar-refractivity contribution < 1.29 is 0 Å². The van der Waals surface area contributed by atoms with Crippen molar-refractivity contribution in [3.8, 4) is 6.07 Å². The van der Waals surface area contributed by atoms with Crippen LogP contribution in [0, 0.1) is 11.3 Å². The molecule has 1 atom stereocenters. The molecule has 3 heteroatoms. The highest BCUT2D eigenvalue weighted by Gasteiger charge is 2.22. The molecule has 94 valence electrons. The van der Waals surface area contributed by atoms with Crippen LogP contribution in [-0.2, 0) is 5.41 Å². The zero-order valence-electron chi connectivity index (χ0n) is 11.4. The summed E-state index contributed by atoms with van der Waals surface area (Å²) >= 11 is 1.77. The molecule has 17 heavy (non-hydrogen) atoms. The summed E-state index contributed by atoms with van der Waals surface area (Å²) in [5.41, 5.74) is 0.173. The molecule has 0 radical (unpaired) electrons. The Balaban J connectivity index is 2.99. The molecule has 1 aromatic rings. The Bertz CT molecular complexity index is 391. The molecule has 0 N–H and O–H groups in total. The van der Waals surface area contributed by atoms with Gasteiger partial charge in [0.15, 0.2) is 0 Å². The molecule has 0 saturated carbocycles. The van der Waals surface area contributed by atoms with Gasteiger partial charge >= 0.3 is 0 Å². The van der Waals surface area contributed by atoms with Gasteiger partial charge in [0.05, 0.1) is 6.07 Å². The zero-order chi connectivity index (χ0) is 13.1. The quantitative estimate of drug-likeness (QED) is 0.809. The molecule has 2 nitrogen and oxygen atoms in total. The fourth-order valence-corrected chi connectivity index (χ4v) is 2.96. The highest BCUT2D eigenvalue weighted by atomic mass is 32.1. The van der Waals surface area contributed by atoms with Crippen molar-refractivity contribution >= 4 is 11.3 Å². The third-order valence-electron chi connectivity index (χ3n) is 2.94. The minimum Gasteiger partial charge on any atom is -0.284 e. The van der Waals surface area contributed by atoms with Crippen LogP contribution in [0.5, 0.6) is 0 Å². The van der Waals surface area contributed by atoms with E-state index >= 15 is 0 Å². The number of thiophene rings is 1. The van der Waals surface area contributed by atoms with Gasteiger partial charge in [0.1, 0.15) is 6.04 Å². The van der Waals surface area contributed by atoms with E-state index < -0.39 is 0 Å². The monoisotopic (exact) mass is 250 g/mol. The first-order valence-electron chi connectivity index (χ1n) is 6.17. The van der Waals surface area contributed by atoms with Crippen LogP contribution in [0.15, 0.2) is 12.1 Å². The molecule has 0 amide bonds. The van der Waals surface area contributed by atoms with E-state index in [2.05, 4.69) is 57.7 Å². The number of nitriles is 1. The van der Waals surface area contributed by atoms with E-state index in [9.17, 15) is 5.26 Å². The van der Waals surface area contributed by atoms with Crippen LogP contribution in [0.3, 0.4) is 0 Å². The zero-order valence-corrected chi connectivity index (χ0v) is 12.3. The lowest BCUT2D eigenvalue weighted by molar-refractivity contribution is 0.265. The lowest BCUT2D eigenvalue weighted by atomic mass is 9.95. The maximum atomic E-state index is 9.34. The van der Waals surface area contributed by atoms with Crippen LogP contribution < -0.4 is 0 Å². The van der Waals surface area contributed by atoms with E-state index in [1.807, 2.05) is 0 Å². The van der Waals surface area contributed by atoms with Gasteiger partial charge in [-0.2, -0.15) is 5.26 Å². The molecule has 1 heterocycles. The first-order valence-corrected chi connectivity index (χ1v) is 6.99. The highest BCUT2D eigenvalue weighted by Crippen LogP contribution is 2.34. The maximum Gasteiger partial charge on any atom is 0.133 e. The molecule has 0 aliphatic heterocycles. The predicted molar refractivity (Wildman–Crippen MR) is 74.3 cm³/mol. The number of rotatable bonds is 4. The van der Waals surface area contributed by atoms with E-state index in [0.717, 1.165) is 13.1 Å². The SMILES string of the molecule is CCN(CC)C(C#N)c1ccc(C(C)(C)C)s1. The van der Waals surface area contributed by atoms with Crippen molar-refractivity contribution in [3.05, 3.63) is 21.9 Å². The summed E-state index contributed by atoms with van der Waals surface area (Å²) in [4.78, 5) is 4.71. The Labute approximate surface area is 109 Å². The summed E-state index contributed by atoms with van der Waals surface area (Å²) in [5.74, 6) is 0. The van der Waals surface area contributed by atoms with Crippen molar-refractivity contribution in [1.82, 2.24) is 4.90 Å². The van der Waals surface area contributed by atoms with Crippen LogP contribution in [0.4, 0.5) is 0 Å². The lowest BCUT2D eigenvalue weighted by Gasteiger charge is -2.23. The molecule has 0 aliphatic rings. The highest BCUT2D eigenvalue weighted by molar-refractivity contribution is 7.12. The van der Waals surface area contributed by atoms with Gasteiger partial charge < -0.3 is 0 Å². The molecule has 0 fully saturated rings. The molecular formula is C14H22N2S. The molecule has 0 spiro atoms. The van der Waals surface area contributed by atoms with E-state index in [1.165, 1.54) is 9.75 Å². The second kappa shape index (κ2) is 5.66. The normalized spacial score (nSPS) is 13.7. The van der Waals surface area contributed by atoms with Gasteiger partial charge in [-0.15, -0.1) is 11.3 Å². The fraction of sp³-hybridized carbons (Fsp3) is 0.643. The largest absolute Gasteiger partial charge is 0.284 e. The topological polar surface area (TPSA) is 27.0 Å². The van der Waals surface area contributed by atoms with Gasteiger partial charge in [-0.1, -0.05) is 34.6 Å². The molecule has 0 saturated heterocycles. The van der Waals surface area contributed by atoms with Gasteiger partial charge in [0.2, 0.25) is 0 Å². The Morgan fingerprint density at radius 1 is 1.29 bits per heavy atom. The Morgan fingerprint density at radius 3 is 2.24 bits per heavy atom. The third-order valence-corrected chi connectivity index (χ3v) is 4.50. The first-order chi connectivity index (χ1) is 7.93. The van der Waals surface area contributed by atoms with Gasteiger partial charge in [0, 0.05) is 9.75 Å². The van der Waals surface area contributed by atoms with E-state index in [1.54, 1.807) is 11.3 Å². The average Bonchev–Trinajstić information content (AvgIpc) is 2.74. The van der Waals surface area contributed by atoms with Gasteiger partial charge in [-0.25, -0.2) is 0 Å². The molecule has 1 rings (SSSR count). The molecule has 0 aliphatic carbocycles. The second-order valence-corrected chi connectivity index (χ2v) is 6.32. The Kier molecular flexibility index (Phi) is 4.73. The minimum absolute atomic E-state index is 0.0916. The summed E-state index contributed by atoms with van der Waals surface area (Å²) < 4.78 is 0. The number of hydrogen-bond donors (Lipinski definition) is 0. The van der Waals surface area contributed by atoms with Crippen molar-refractivity contribution in [2.75, 3.05) is 13.1 Å². The predicted octanol–water partition coefficient (Wildman–Crippen LogP) is 3.95. The van der Waals surface area contributed by atoms with Gasteiger partial charge in [-0.05, 0) is 30.6 Å². The number of nitrogens with zero attached hydrogens (tertiary/aromatic N) is 2. The summed E-state index contributed by atoms with van der Waals surface area (Å²) in [6, 6.07) is 6.60. The summed E-state index contributed by atoms with van der Waals surface area (Å²) in [5, 5.41) is 9.34. The average molecular weight is 250 g/mol. The first kappa shape index (κ1) is 14.2. The summed E-state index contributed by atoms with van der Waals surface area (Å²) in [6.07, 6.45) is 0. The van der Waals surface area contributed by atoms with Gasteiger partial charge in [0.25, 0.3) is 0 Å². The minimum atomic E-state index is -0.0916. The van der Waals surface area contributed by atoms with E-state index in [4.69, 9.17) is 0 Å². The molecular weight excluding hydrogens is 228 g/mol. The fourth-order valence-electron chi connectivity index (χ4n) is 1.82. The molecule has 1 unspecified atom stereocenters. The van der Waals surface area contributed by atoms with E-state index in [-0.39, 0.29) is 11.5 Å². The van der Waals surface area contributed by atoms with Crippen LogP contribution in [0.1, 0.15) is 50.4 Å². The van der Waals surface area contributed by atoms with Crippen molar-refractivity contribution in [1.29, 1.82) is 5.26 Å². The van der Waals surface area contributed by atoms with Crippen LogP contribution in [-0.4, -0.2) is 18.0 Å². The number of hydrogen-bond acceptors (Lipinski definition) is 3. The summed E-state index contributed by atoms with van der Waals surface area (Å²) in [6.45, 7) is 12.7. The second-order valence-electron chi connectivity index (χ2n) is 5.20. The smallest absolute Gasteiger partial charge is 0.133 e. The standard InChI is InChI=1S/C14H22N2S/c1-6-16(7-2)11(10-15)12-8-9-13(17-12)14(3,4)5/h8-9,11H,6-7H2,1-5H3. The van der Waals surface area contributed by atoms with Crippen LogP contribution in [0.2, 0.25) is 0 Å². The Hall–Kier alpha value is -0.850. The molecule has 1 aromatic heterocycles. The third kappa shape index (κ3) is 3.31. The van der Waals surface area contributed by atoms with Crippen molar-refractivity contribution in [3.63, 3.8) is 0 Å². The Morgan fingerprint density at radius 2 is 1.88 bits per heavy atom. The van der Waals surface area contributed by atoms with Crippen LogP contribution >= 0.6 is 11.3 Å².